The molecular formula is C7H12N2S6. The van der Waals surface area contributed by atoms with Crippen LogP contribution in [-0.4, -0.2) is 21.7 Å². The van der Waals surface area contributed by atoms with Crippen molar-refractivity contribution < 1.29 is 0 Å². The summed E-state index contributed by atoms with van der Waals surface area (Å²) in [5, 5.41) is 6.46. The molecule has 1 rings (SSSR count). The molecule has 8 heteroatoms. The van der Waals surface area contributed by atoms with Crippen LogP contribution >= 0.6 is 65.7 Å². The third-order valence-electron chi connectivity index (χ3n) is 1.64. The summed E-state index contributed by atoms with van der Waals surface area (Å²) in [5.74, 6) is 0. The van der Waals surface area contributed by atoms with E-state index in [2.05, 4.69) is 10.6 Å². The summed E-state index contributed by atoms with van der Waals surface area (Å²) >= 11 is 10.3. The number of nitrogens with one attached hydrogen (secondary N) is 2. The first kappa shape index (κ1) is 14.2. The lowest BCUT2D eigenvalue weighted by Gasteiger charge is -2.04. The Bertz CT molecular complexity index is 200. The second kappa shape index (κ2) is 9.23. The number of thiocarbonyl (C=S) groups is 2. The normalized spacial score (nSPS) is 21.6. The quantitative estimate of drug-likeness (QED) is 0.516. The van der Waals surface area contributed by atoms with E-state index in [1.165, 1.54) is 19.3 Å². The Morgan fingerprint density at radius 1 is 0.800 bits per heavy atom. The minimum Gasteiger partial charge on any atom is -0.370 e. The molecule has 2 nitrogen and oxygen atoms in total. The van der Waals surface area contributed by atoms with Gasteiger partial charge in [-0.15, -0.1) is 0 Å². The van der Waals surface area contributed by atoms with Crippen molar-refractivity contribution >= 4 is 74.3 Å². The summed E-state index contributed by atoms with van der Waals surface area (Å²) in [6.45, 7) is 1.96. The van der Waals surface area contributed by atoms with Gasteiger partial charge in [0.25, 0.3) is 0 Å². The lowest BCUT2D eigenvalue weighted by Crippen LogP contribution is -2.20. The molecule has 0 atom stereocenters. The Morgan fingerprint density at radius 2 is 1.27 bits per heavy atom. The minimum atomic E-state index is 0.867. The highest BCUT2D eigenvalue weighted by Gasteiger charge is 2.03. The van der Waals surface area contributed by atoms with Gasteiger partial charge in [-0.05, 0) is 60.5 Å². The molecule has 0 aliphatic carbocycles. The average molecular weight is 317 g/mol. The van der Waals surface area contributed by atoms with Gasteiger partial charge in [-0.25, -0.2) is 0 Å². The van der Waals surface area contributed by atoms with Crippen molar-refractivity contribution in [1.29, 1.82) is 0 Å². The lowest BCUT2D eigenvalue weighted by molar-refractivity contribution is 0.658. The fraction of sp³-hybridized carbons (Fsp3) is 0.714. The van der Waals surface area contributed by atoms with Crippen molar-refractivity contribution in [3.05, 3.63) is 0 Å². The Labute approximate surface area is 116 Å². The highest BCUT2D eigenvalue weighted by molar-refractivity contribution is 9.29. The van der Waals surface area contributed by atoms with Gasteiger partial charge in [-0.3, -0.25) is 0 Å². The van der Waals surface area contributed by atoms with Crippen LogP contribution < -0.4 is 10.6 Å². The Kier molecular flexibility index (Phi) is 8.77. The zero-order valence-corrected chi connectivity index (χ0v) is 12.9. The molecule has 0 spiro atoms. The van der Waals surface area contributed by atoms with Gasteiger partial charge >= 0.3 is 0 Å². The molecule has 15 heavy (non-hydrogen) atoms. The molecular weight excluding hydrogens is 304 g/mol. The van der Waals surface area contributed by atoms with Crippen LogP contribution in [0.1, 0.15) is 19.3 Å². The van der Waals surface area contributed by atoms with Gasteiger partial charge in [0.05, 0.1) is 0 Å². The summed E-state index contributed by atoms with van der Waals surface area (Å²) in [6, 6.07) is 0. The zero-order valence-electron chi connectivity index (χ0n) is 7.99. The molecule has 0 saturated carbocycles. The van der Waals surface area contributed by atoms with E-state index in [1.807, 2.05) is 0 Å². The van der Waals surface area contributed by atoms with Crippen LogP contribution in [0.2, 0.25) is 0 Å². The van der Waals surface area contributed by atoms with E-state index in [0.29, 0.717) is 0 Å². The van der Waals surface area contributed by atoms with Gasteiger partial charge in [-0.1, -0.05) is 24.4 Å². The third-order valence-corrected chi connectivity index (χ3v) is 8.64. The molecule has 0 radical (unpaired) electrons. The molecule has 86 valence electrons. The van der Waals surface area contributed by atoms with Gasteiger partial charge in [0.2, 0.25) is 0 Å². The van der Waals surface area contributed by atoms with E-state index in [0.717, 1.165) is 21.7 Å². The minimum absolute atomic E-state index is 0.867. The van der Waals surface area contributed by atoms with Gasteiger partial charge in [0, 0.05) is 13.1 Å². The summed E-state index contributed by atoms with van der Waals surface area (Å²) in [6.07, 6.45) is 3.54. The van der Waals surface area contributed by atoms with Crippen molar-refractivity contribution in [1.82, 2.24) is 10.6 Å². The molecule has 1 aliphatic heterocycles. The molecule has 1 fully saturated rings. The molecule has 0 amide bonds. The standard InChI is InChI=1S/C7H12N2S6/c10-6-8-4-2-1-3-5-9-7(11)13-15-14-12-6/h1-5H2,(H,8,10)(H,9,11). The molecule has 2 N–H and O–H groups in total. The van der Waals surface area contributed by atoms with E-state index in [9.17, 15) is 0 Å². The van der Waals surface area contributed by atoms with Crippen molar-refractivity contribution in [3.8, 4) is 0 Å². The lowest BCUT2D eigenvalue weighted by atomic mass is 10.2. The smallest absolute Gasteiger partial charge is 0.145 e. The third kappa shape index (κ3) is 7.98. The summed E-state index contributed by atoms with van der Waals surface area (Å²) in [5.41, 5.74) is 0. The SMILES string of the molecule is S=C1NCCCCCNC(=S)SSSS1. The van der Waals surface area contributed by atoms with Crippen LogP contribution in [0.5, 0.6) is 0 Å². The monoisotopic (exact) mass is 316 g/mol. The highest BCUT2D eigenvalue weighted by atomic mass is 33.7. The van der Waals surface area contributed by atoms with Crippen molar-refractivity contribution in [3.63, 3.8) is 0 Å². The molecule has 0 aromatic heterocycles. The second-order valence-electron chi connectivity index (χ2n) is 2.79. The van der Waals surface area contributed by atoms with Gasteiger partial charge in [0.15, 0.2) is 0 Å². The molecule has 0 bridgehead atoms. The van der Waals surface area contributed by atoms with Gasteiger partial charge < -0.3 is 10.6 Å². The fourth-order valence-electron chi connectivity index (χ4n) is 0.956. The van der Waals surface area contributed by atoms with E-state index < -0.39 is 0 Å². The first-order valence-electron chi connectivity index (χ1n) is 4.52. The fourth-order valence-corrected chi connectivity index (χ4v) is 7.16. The summed E-state index contributed by atoms with van der Waals surface area (Å²) in [4.78, 5) is 0. The highest BCUT2D eigenvalue weighted by Crippen LogP contribution is 2.43. The maximum absolute atomic E-state index is 5.16. The molecule has 1 aliphatic rings. The molecule has 0 aromatic rings. The van der Waals surface area contributed by atoms with Crippen molar-refractivity contribution in [2.75, 3.05) is 13.1 Å². The van der Waals surface area contributed by atoms with Gasteiger partial charge in [0.1, 0.15) is 8.64 Å². The van der Waals surface area contributed by atoms with Crippen LogP contribution in [0.3, 0.4) is 0 Å². The van der Waals surface area contributed by atoms with Crippen LogP contribution in [-0.2, 0) is 0 Å². The largest absolute Gasteiger partial charge is 0.370 e. The van der Waals surface area contributed by atoms with Gasteiger partial charge in [-0.2, -0.15) is 0 Å². The first-order valence-corrected chi connectivity index (χ1v) is 10.2. The number of hydrogen-bond donors (Lipinski definition) is 2. The summed E-state index contributed by atoms with van der Waals surface area (Å²) < 4.78 is 1.73. The Hall–Kier alpha value is 1.18. The average Bonchev–Trinajstić information content (AvgIpc) is 2.23. The number of rotatable bonds is 0. The first-order chi connectivity index (χ1) is 7.29. The van der Waals surface area contributed by atoms with Crippen LogP contribution in [0.4, 0.5) is 0 Å². The Balaban J connectivity index is 2.27. The van der Waals surface area contributed by atoms with Crippen molar-refractivity contribution in [2.45, 2.75) is 19.3 Å². The molecule has 1 saturated heterocycles. The van der Waals surface area contributed by atoms with E-state index in [-0.39, 0.29) is 0 Å². The van der Waals surface area contributed by atoms with Crippen LogP contribution in [0, 0.1) is 0 Å². The maximum Gasteiger partial charge on any atom is 0.145 e. The van der Waals surface area contributed by atoms with Crippen LogP contribution in [0.15, 0.2) is 0 Å². The topological polar surface area (TPSA) is 24.1 Å². The Morgan fingerprint density at radius 3 is 1.73 bits per heavy atom. The molecule has 1 heterocycles. The van der Waals surface area contributed by atoms with E-state index in [1.54, 1.807) is 41.2 Å². The predicted molar refractivity (Wildman–Crippen MR) is 85.4 cm³/mol. The molecule has 0 aromatic carbocycles. The van der Waals surface area contributed by atoms with E-state index >= 15 is 0 Å². The number of hydrogen-bond acceptors (Lipinski definition) is 6. The zero-order chi connectivity index (χ0) is 10.9. The summed E-state index contributed by atoms with van der Waals surface area (Å²) in [7, 11) is 6.49. The second-order valence-corrected chi connectivity index (χ2v) is 9.81. The van der Waals surface area contributed by atoms with Crippen LogP contribution in [0.25, 0.3) is 0 Å². The van der Waals surface area contributed by atoms with E-state index in [4.69, 9.17) is 24.4 Å². The predicted octanol–water partition coefficient (Wildman–Crippen LogP) is 3.60. The molecule has 0 unspecified atom stereocenters. The van der Waals surface area contributed by atoms with Crippen molar-refractivity contribution in [2.24, 2.45) is 0 Å². The maximum atomic E-state index is 5.16.